The summed E-state index contributed by atoms with van der Waals surface area (Å²) in [5.74, 6) is -0.957. The average Bonchev–Trinajstić information content (AvgIpc) is 2.24. The summed E-state index contributed by atoms with van der Waals surface area (Å²) in [5, 5.41) is 3.35. The van der Waals surface area contributed by atoms with Crippen molar-refractivity contribution in [3.05, 3.63) is 34.9 Å². The molecule has 0 amide bonds. The fraction of sp³-hybridized carbons (Fsp3) is 0.600. The van der Waals surface area contributed by atoms with Gasteiger partial charge in [-0.3, -0.25) is 0 Å². The molecule has 0 radical (unpaired) electrons. The van der Waals surface area contributed by atoms with E-state index in [-0.39, 0.29) is 11.5 Å². The second kappa shape index (κ2) is 5.79. The molecule has 1 N–H and O–H groups in total. The van der Waals surface area contributed by atoms with Crippen molar-refractivity contribution < 1.29 is 8.78 Å². The van der Waals surface area contributed by atoms with Crippen LogP contribution >= 0.6 is 0 Å². The molecule has 0 bridgehead atoms. The minimum absolute atomic E-state index is 0.114. The molecule has 0 aliphatic carbocycles. The van der Waals surface area contributed by atoms with Gasteiger partial charge < -0.3 is 5.32 Å². The summed E-state index contributed by atoms with van der Waals surface area (Å²) in [6.07, 6.45) is 0.981. The third-order valence-electron chi connectivity index (χ3n) is 3.05. The number of nitrogens with one attached hydrogen (secondary N) is 1. The van der Waals surface area contributed by atoms with Crippen LogP contribution in [0.4, 0.5) is 8.78 Å². The lowest BCUT2D eigenvalue weighted by Crippen LogP contribution is -2.33. The van der Waals surface area contributed by atoms with Crippen molar-refractivity contribution in [1.29, 1.82) is 0 Å². The van der Waals surface area contributed by atoms with E-state index in [1.807, 2.05) is 0 Å². The monoisotopic (exact) mass is 255 g/mol. The highest BCUT2D eigenvalue weighted by Crippen LogP contribution is 2.34. The van der Waals surface area contributed by atoms with Gasteiger partial charge in [-0.15, -0.1) is 0 Å². The molecule has 0 spiro atoms. The number of aryl methyl sites for hydroxylation is 1. The first-order valence-corrected chi connectivity index (χ1v) is 6.46. The topological polar surface area (TPSA) is 12.0 Å². The van der Waals surface area contributed by atoms with Gasteiger partial charge in [0.25, 0.3) is 0 Å². The van der Waals surface area contributed by atoms with Crippen LogP contribution in [-0.2, 0) is 0 Å². The van der Waals surface area contributed by atoms with Crippen LogP contribution in [0.3, 0.4) is 0 Å². The molecular formula is C15H23F2N. The maximum absolute atomic E-state index is 14.0. The molecule has 18 heavy (non-hydrogen) atoms. The van der Waals surface area contributed by atoms with Gasteiger partial charge in [0.15, 0.2) is 0 Å². The molecule has 0 heterocycles. The minimum Gasteiger partial charge on any atom is -0.309 e. The lowest BCUT2D eigenvalue weighted by Gasteiger charge is -2.32. The molecule has 102 valence electrons. The Bertz CT molecular complexity index is 408. The molecule has 1 aromatic carbocycles. The Morgan fingerprint density at radius 3 is 2.28 bits per heavy atom. The summed E-state index contributed by atoms with van der Waals surface area (Å²) in [4.78, 5) is 0. The highest BCUT2D eigenvalue weighted by molar-refractivity contribution is 5.29. The number of hydrogen-bond donors (Lipinski definition) is 1. The van der Waals surface area contributed by atoms with Crippen molar-refractivity contribution in [1.82, 2.24) is 5.32 Å². The maximum Gasteiger partial charge on any atom is 0.130 e. The normalized spacial score (nSPS) is 13.7. The summed E-state index contributed by atoms with van der Waals surface area (Å²) in [5.41, 5.74) is 0.911. The Kier molecular flexibility index (Phi) is 4.85. The second-order valence-electron chi connectivity index (χ2n) is 5.88. The molecule has 3 heteroatoms. The molecule has 1 atom stereocenters. The predicted molar refractivity (Wildman–Crippen MR) is 71.6 cm³/mol. The number of hydrogen-bond acceptors (Lipinski definition) is 1. The van der Waals surface area contributed by atoms with Gasteiger partial charge in [-0.05, 0) is 36.9 Å². The van der Waals surface area contributed by atoms with Gasteiger partial charge in [-0.2, -0.15) is 0 Å². The number of benzene rings is 1. The molecule has 1 unspecified atom stereocenters. The van der Waals surface area contributed by atoms with Crippen LogP contribution < -0.4 is 5.32 Å². The highest BCUT2D eigenvalue weighted by Gasteiger charge is 2.28. The lowest BCUT2D eigenvalue weighted by molar-refractivity contribution is 0.266. The highest BCUT2D eigenvalue weighted by atomic mass is 19.1. The smallest absolute Gasteiger partial charge is 0.130 e. The van der Waals surface area contributed by atoms with E-state index in [2.05, 4.69) is 33.0 Å². The first-order valence-electron chi connectivity index (χ1n) is 6.46. The molecule has 0 saturated heterocycles. The molecule has 1 nitrogen and oxygen atoms in total. The quantitative estimate of drug-likeness (QED) is 0.843. The van der Waals surface area contributed by atoms with Crippen molar-refractivity contribution in [2.24, 2.45) is 5.41 Å². The number of rotatable bonds is 4. The molecule has 0 aromatic heterocycles. The molecule has 1 aromatic rings. The van der Waals surface area contributed by atoms with Crippen LogP contribution in [0, 0.1) is 24.0 Å². The molecule has 1 rings (SSSR count). The van der Waals surface area contributed by atoms with E-state index in [4.69, 9.17) is 0 Å². The fourth-order valence-electron chi connectivity index (χ4n) is 2.07. The van der Waals surface area contributed by atoms with Gasteiger partial charge >= 0.3 is 0 Å². The van der Waals surface area contributed by atoms with Crippen LogP contribution in [0.2, 0.25) is 0 Å². The zero-order valence-corrected chi connectivity index (χ0v) is 11.9. The van der Waals surface area contributed by atoms with E-state index in [0.29, 0.717) is 11.1 Å². The molecule has 0 saturated carbocycles. The van der Waals surface area contributed by atoms with Crippen LogP contribution in [0.1, 0.15) is 51.3 Å². The molecular weight excluding hydrogens is 232 g/mol. The Labute approximate surface area is 109 Å². The zero-order chi connectivity index (χ0) is 13.9. The minimum atomic E-state index is -0.487. The zero-order valence-electron chi connectivity index (χ0n) is 11.9. The van der Waals surface area contributed by atoms with Crippen molar-refractivity contribution in [3.8, 4) is 0 Å². The Morgan fingerprint density at radius 2 is 1.78 bits per heavy atom. The van der Waals surface area contributed by atoms with E-state index >= 15 is 0 Å². The summed E-state index contributed by atoms with van der Waals surface area (Å²) < 4.78 is 27.3. The van der Waals surface area contributed by atoms with Crippen molar-refractivity contribution >= 4 is 0 Å². The van der Waals surface area contributed by atoms with Gasteiger partial charge in [0.05, 0.1) is 0 Å². The van der Waals surface area contributed by atoms with Gasteiger partial charge in [0.1, 0.15) is 11.6 Å². The fourth-order valence-corrected chi connectivity index (χ4v) is 2.07. The Hall–Kier alpha value is -0.960. The predicted octanol–water partition coefficient (Wildman–Crippen LogP) is 4.36. The molecule has 0 aliphatic rings. The second-order valence-corrected chi connectivity index (χ2v) is 5.88. The molecule has 0 fully saturated rings. The van der Waals surface area contributed by atoms with Crippen LogP contribution in [-0.4, -0.2) is 6.54 Å². The first-order chi connectivity index (χ1) is 8.27. The number of halogens is 2. The van der Waals surface area contributed by atoms with Crippen LogP contribution in [0.15, 0.2) is 12.1 Å². The maximum atomic E-state index is 14.0. The third kappa shape index (κ3) is 3.52. The first kappa shape index (κ1) is 15.1. The lowest BCUT2D eigenvalue weighted by atomic mass is 9.81. The van der Waals surface area contributed by atoms with Gasteiger partial charge in [0, 0.05) is 17.7 Å². The van der Waals surface area contributed by atoms with Gasteiger partial charge in [-0.1, -0.05) is 27.7 Å². The van der Waals surface area contributed by atoms with Gasteiger partial charge in [0.2, 0.25) is 0 Å². The van der Waals surface area contributed by atoms with E-state index < -0.39 is 11.6 Å². The Balaban J connectivity index is 3.16. The summed E-state index contributed by atoms with van der Waals surface area (Å²) >= 11 is 0. The van der Waals surface area contributed by atoms with E-state index in [0.717, 1.165) is 19.0 Å². The van der Waals surface area contributed by atoms with E-state index in [1.54, 1.807) is 13.0 Å². The van der Waals surface area contributed by atoms with Crippen LogP contribution in [0.5, 0.6) is 0 Å². The van der Waals surface area contributed by atoms with E-state index in [9.17, 15) is 8.78 Å². The van der Waals surface area contributed by atoms with E-state index in [1.165, 1.54) is 0 Å². The van der Waals surface area contributed by atoms with Gasteiger partial charge in [-0.25, -0.2) is 8.78 Å². The van der Waals surface area contributed by atoms with Crippen molar-refractivity contribution in [2.45, 2.75) is 47.1 Å². The summed E-state index contributed by atoms with van der Waals surface area (Å²) in [6.45, 7) is 10.7. The Morgan fingerprint density at radius 1 is 1.17 bits per heavy atom. The standard InChI is InChI=1S/C15H23F2N/c1-6-7-18-14(15(3,4)5)11-8-10(2)12(16)9-13(11)17/h8-9,14,18H,6-7H2,1-5H3. The SMILES string of the molecule is CCCNC(c1cc(C)c(F)cc1F)C(C)(C)C. The summed E-state index contributed by atoms with van der Waals surface area (Å²) in [6, 6.07) is 2.48. The van der Waals surface area contributed by atoms with Crippen molar-refractivity contribution in [2.75, 3.05) is 6.54 Å². The molecule has 0 aliphatic heterocycles. The van der Waals surface area contributed by atoms with Crippen molar-refractivity contribution in [3.63, 3.8) is 0 Å². The largest absolute Gasteiger partial charge is 0.309 e. The average molecular weight is 255 g/mol. The van der Waals surface area contributed by atoms with Crippen LogP contribution in [0.25, 0.3) is 0 Å². The summed E-state index contributed by atoms with van der Waals surface area (Å²) in [7, 11) is 0. The third-order valence-corrected chi connectivity index (χ3v) is 3.05.